The molecule has 0 saturated carbocycles. The number of benzene rings is 2. The summed E-state index contributed by atoms with van der Waals surface area (Å²) < 4.78 is 0. The summed E-state index contributed by atoms with van der Waals surface area (Å²) >= 11 is 0. The third-order valence-corrected chi connectivity index (χ3v) is 3.83. The highest BCUT2D eigenvalue weighted by molar-refractivity contribution is 6.05. The van der Waals surface area contributed by atoms with Crippen LogP contribution in [0.4, 0.5) is 11.4 Å². The number of aryl methyl sites for hydroxylation is 1. The minimum Gasteiger partial charge on any atom is -0.481 e. The van der Waals surface area contributed by atoms with E-state index in [1.54, 1.807) is 24.3 Å². The molecular weight excluding hydrogens is 320 g/mol. The van der Waals surface area contributed by atoms with E-state index in [9.17, 15) is 14.4 Å². The molecule has 2 aromatic carbocycles. The smallest absolute Gasteiger partial charge is 0.303 e. The molecule has 6 heteroatoms. The van der Waals surface area contributed by atoms with E-state index >= 15 is 0 Å². The first-order valence-electron chi connectivity index (χ1n) is 7.86. The average molecular weight is 340 g/mol. The van der Waals surface area contributed by atoms with Gasteiger partial charge in [-0.2, -0.15) is 0 Å². The second kappa shape index (κ2) is 8.10. The van der Waals surface area contributed by atoms with Crippen LogP contribution in [0.1, 0.15) is 34.3 Å². The van der Waals surface area contributed by atoms with Gasteiger partial charge >= 0.3 is 5.97 Å². The Morgan fingerprint density at radius 1 is 0.960 bits per heavy atom. The van der Waals surface area contributed by atoms with Gasteiger partial charge in [0.05, 0.1) is 6.42 Å². The predicted molar refractivity (Wildman–Crippen MR) is 95.8 cm³/mol. The lowest BCUT2D eigenvalue weighted by atomic mass is 10.1. The van der Waals surface area contributed by atoms with Crippen LogP contribution in [0, 0.1) is 13.8 Å². The fourth-order valence-corrected chi connectivity index (χ4v) is 2.26. The van der Waals surface area contributed by atoms with Gasteiger partial charge in [0.2, 0.25) is 5.91 Å². The maximum atomic E-state index is 12.4. The molecule has 0 spiro atoms. The second-order valence-electron chi connectivity index (χ2n) is 5.72. The first kappa shape index (κ1) is 18.2. The maximum Gasteiger partial charge on any atom is 0.303 e. The molecule has 2 amide bonds. The molecule has 25 heavy (non-hydrogen) atoms. The summed E-state index contributed by atoms with van der Waals surface area (Å²) in [6.07, 6.45) is -0.354. The molecule has 0 heterocycles. The van der Waals surface area contributed by atoms with Crippen molar-refractivity contribution in [2.75, 3.05) is 10.6 Å². The lowest BCUT2D eigenvalue weighted by Crippen LogP contribution is -2.15. The number of amides is 2. The van der Waals surface area contributed by atoms with Gasteiger partial charge in [-0.05, 0) is 49.2 Å². The Balaban J connectivity index is 2.07. The molecule has 2 rings (SSSR count). The molecule has 3 N–H and O–H groups in total. The number of aliphatic carboxylic acids is 1. The SMILES string of the molecule is Cc1cccc(NC(=O)c2cccc(NC(=O)CCC(=O)O)c2)c1C. The zero-order valence-electron chi connectivity index (χ0n) is 14.1. The van der Waals surface area contributed by atoms with Crippen LogP contribution in [0.3, 0.4) is 0 Å². The summed E-state index contributed by atoms with van der Waals surface area (Å²) in [4.78, 5) is 34.6. The zero-order chi connectivity index (χ0) is 18.4. The van der Waals surface area contributed by atoms with Gasteiger partial charge in [-0.25, -0.2) is 0 Å². The maximum absolute atomic E-state index is 12.4. The first-order chi connectivity index (χ1) is 11.9. The summed E-state index contributed by atoms with van der Waals surface area (Å²) in [5.41, 5.74) is 3.66. The molecule has 2 aromatic rings. The number of carbonyl (C=O) groups excluding carboxylic acids is 2. The Bertz CT molecular complexity index is 815. The number of hydrogen-bond acceptors (Lipinski definition) is 3. The summed E-state index contributed by atoms with van der Waals surface area (Å²) in [7, 11) is 0. The minimum atomic E-state index is -1.03. The lowest BCUT2D eigenvalue weighted by Gasteiger charge is -2.11. The van der Waals surface area contributed by atoms with Crippen molar-refractivity contribution in [3.8, 4) is 0 Å². The van der Waals surface area contributed by atoms with Crippen molar-refractivity contribution in [2.24, 2.45) is 0 Å². The molecule has 0 bridgehead atoms. The van der Waals surface area contributed by atoms with E-state index in [1.807, 2.05) is 32.0 Å². The molecule has 0 aromatic heterocycles. The first-order valence-corrected chi connectivity index (χ1v) is 7.86. The Kier molecular flexibility index (Phi) is 5.89. The van der Waals surface area contributed by atoms with Gasteiger partial charge in [-0.15, -0.1) is 0 Å². The Morgan fingerprint density at radius 2 is 1.68 bits per heavy atom. The number of carbonyl (C=O) groups is 3. The third kappa shape index (κ3) is 5.17. The van der Waals surface area contributed by atoms with Gasteiger partial charge in [-0.3, -0.25) is 14.4 Å². The molecule has 0 aliphatic heterocycles. The number of nitrogens with one attached hydrogen (secondary N) is 2. The van der Waals surface area contributed by atoms with E-state index in [-0.39, 0.29) is 18.7 Å². The van der Waals surface area contributed by atoms with Crippen molar-refractivity contribution >= 4 is 29.2 Å². The van der Waals surface area contributed by atoms with Crippen molar-refractivity contribution in [3.05, 3.63) is 59.2 Å². The van der Waals surface area contributed by atoms with Crippen molar-refractivity contribution in [1.82, 2.24) is 0 Å². The predicted octanol–water partition coefficient (Wildman–Crippen LogP) is 3.36. The average Bonchev–Trinajstić information content (AvgIpc) is 2.57. The second-order valence-corrected chi connectivity index (χ2v) is 5.72. The van der Waals surface area contributed by atoms with Gasteiger partial charge in [0.15, 0.2) is 0 Å². The van der Waals surface area contributed by atoms with Crippen LogP contribution in [-0.2, 0) is 9.59 Å². The number of carboxylic acids is 1. The van der Waals surface area contributed by atoms with E-state index in [4.69, 9.17) is 5.11 Å². The van der Waals surface area contributed by atoms with Crippen molar-refractivity contribution in [3.63, 3.8) is 0 Å². The van der Waals surface area contributed by atoms with Crippen molar-refractivity contribution in [1.29, 1.82) is 0 Å². The number of carboxylic acid groups (broad SMARTS) is 1. The molecule has 0 aliphatic rings. The number of rotatable bonds is 6. The van der Waals surface area contributed by atoms with Gasteiger partial charge in [0, 0.05) is 23.4 Å². The van der Waals surface area contributed by atoms with Crippen LogP contribution in [0.15, 0.2) is 42.5 Å². The highest BCUT2D eigenvalue weighted by Crippen LogP contribution is 2.19. The van der Waals surface area contributed by atoms with E-state index in [2.05, 4.69) is 10.6 Å². The Labute approximate surface area is 145 Å². The van der Waals surface area contributed by atoms with Crippen LogP contribution in [-0.4, -0.2) is 22.9 Å². The standard InChI is InChI=1S/C19H20N2O4/c1-12-5-3-8-16(13(12)2)21-19(25)14-6-4-7-15(11-14)20-17(22)9-10-18(23)24/h3-8,11H,9-10H2,1-2H3,(H,20,22)(H,21,25)(H,23,24). The van der Waals surface area contributed by atoms with Gasteiger partial charge in [0.25, 0.3) is 5.91 Å². The molecule has 0 atom stereocenters. The fourth-order valence-electron chi connectivity index (χ4n) is 2.26. The van der Waals surface area contributed by atoms with E-state index in [1.165, 1.54) is 0 Å². The molecule has 6 nitrogen and oxygen atoms in total. The molecule has 130 valence electrons. The highest BCUT2D eigenvalue weighted by Gasteiger charge is 2.11. The number of hydrogen-bond donors (Lipinski definition) is 3. The summed E-state index contributed by atoms with van der Waals surface area (Å²) in [5.74, 6) is -1.72. The Hall–Kier alpha value is -3.15. The van der Waals surface area contributed by atoms with E-state index in [0.29, 0.717) is 11.3 Å². The van der Waals surface area contributed by atoms with Crippen LogP contribution in [0.25, 0.3) is 0 Å². The topological polar surface area (TPSA) is 95.5 Å². The Morgan fingerprint density at radius 3 is 2.40 bits per heavy atom. The van der Waals surface area contributed by atoms with Crippen molar-refractivity contribution in [2.45, 2.75) is 26.7 Å². The molecule has 0 saturated heterocycles. The quantitative estimate of drug-likeness (QED) is 0.751. The minimum absolute atomic E-state index is 0.117. The van der Waals surface area contributed by atoms with E-state index < -0.39 is 11.9 Å². The van der Waals surface area contributed by atoms with Crippen LogP contribution in [0.2, 0.25) is 0 Å². The normalized spacial score (nSPS) is 10.2. The molecule has 0 aliphatic carbocycles. The van der Waals surface area contributed by atoms with Gasteiger partial charge in [0.1, 0.15) is 0 Å². The van der Waals surface area contributed by atoms with Crippen LogP contribution >= 0.6 is 0 Å². The van der Waals surface area contributed by atoms with Crippen LogP contribution < -0.4 is 10.6 Å². The number of anilines is 2. The van der Waals surface area contributed by atoms with Gasteiger partial charge < -0.3 is 15.7 Å². The van der Waals surface area contributed by atoms with Crippen LogP contribution in [0.5, 0.6) is 0 Å². The fraction of sp³-hybridized carbons (Fsp3) is 0.211. The zero-order valence-corrected chi connectivity index (χ0v) is 14.1. The highest BCUT2D eigenvalue weighted by atomic mass is 16.4. The summed E-state index contributed by atoms with van der Waals surface area (Å²) in [6.45, 7) is 3.91. The molecule has 0 radical (unpaired) electrons. The molecule has 0 unspecified atom stereocenters. The molecular formula is C19H20N2O4. The largest absolute Gasteiger partial charge is 0.481 e. The summed E-state index contributed by atoms with van der Waals surface area (Å²) in [6, 6.07) is 12.2. The third-order valence-electron chi connectivity index (χ3n) is 3.83. The molecule has 0 fully saturated rings. The monoisotopic (exact) mass is 340 g/mol. The summed E-state index contributed by atoms with van der Waals surface area (Å²) in [5, 5.41) is 14.0. The lowest BCUT2D eigenvalue weighted by molar-refractivity contribution is -0.138. The van der Waals surface area contributed by atoms with E-state index in [0.717, 1.165) is 16.8 Å². The van der Waals surface area contributed by atoms with Crippen molar-refractivity contribution < 1.29 is 19.5 Å². The van der Waals surface area contributed by atoms with Gasteiger partial charge in [-0.1, -0.05) is 18.2 Å².